The number of hydrogen-bond donors (Lipinski definition) is 0. The third-order valence-electron chi connectivity index (χ3n) is 10.9. The SMILES string of the molecule is CCCCCCCCn1c2cc(-c3ccc4c(c3)Cc3ccccc3-4)ccc2c2ccc(-c3ccc4c(c3)Cc3ccccc3-4)cc21. The molecule has 0 atom stereocenters. The van der Waals surface area contributed by atoms with E-state index in [1.54, 1.807) is 0 Å². The molecular weight excluding hydrogens is 567 g/mol. The molecule has 0 amide bonds. The van der Waals surface area contributed by atoms with Gasteiger partial charge >= 0.3 is 0 Å². The zero-order chi connectivity index (χ0) is 31.3. The fourth-order valence-corrected chi connectivity index (χ4v) is 8.39. The maximum Gasteiger partial charge on any atom is 0.0497 e. The number of nitrogens with zero attached hydrogens (tertiary/aromatic N) is 1. The van der Waals surface area contributed by atoms with E-state index in [1.165, 1.54) is 127 Å². The highest BCUT2D eigenvalue weighted by molar-refractivity contribution is 6.10. The van der Waals surface area contributed by atoms with Crippen molar-refractivity contribution < 1.29 is 0 Å². The average Bonchev–Trinajstić information content (AvgIpc) is 3.78. The molecule has 0 radical (unpaired) electrons. The van der Waals surface area contributed by atoms with E-state index < -0.39 is 0 Å². The van der Waals surface area contributed by atoms with Gasteiger partial charge in [-0.2, -0.15) is 0 Å². The first-order chi connectivity index (χ1) is 23.2. The second-order valence-electron chi connectivity index (χ2n) is 13.8. The summed E-state index contributed by atoms with van der Waals surface area (Å²) >= 11 is 0. The second kappa shape index (κ2) is 11.7. The molecule has 47 heavy (non-hydrogen) atoms. The molecule has 0 spiro atoms. The number of aromatic nitrogens is 1. The van der Waals surface area contributed by atoms with Crippen molar-refractivity contribution >= 4 is 21.8 Å². The van der Waals surface area contributed by atoms with E-state index >= 15 is 0 Å². The number of fused-ring (bicyclic) bond motifs is 9. The molecule has 2 aliphatic rings. The van der Waals surface area contributed by atoms with Crippen LogP contribution in [0.15, 0.2) is 121 Å². The van der Waals surface area contributed by atoms with Gasteiger partial charge in [0.15, 0.2) is 0 Å². The molecule has 0 bridgehead atoms. The molecule has 7 aromatic rings. The monoisotopic (exact) mass is 607 g/mol. The Morgan fingerprint density at radius 2 is 0.872 bits per heavy atom. The second-order valence-corrected chi connectivity index (χ2v) is 13.8. The van der Waals surface area contributed by atoms with Gasteiger partial charge in [-0.15, -0.1) is 0 Å². The van der Waals surface area contributed by atoms with Gasteiger partial charge in [0.2, 0.25) is 0 Å². The molecule has 6 aromatic carbocycles. The van der Waals surface area contributed by atoms with Crippen LogP contribution in [0.5, 0.6) is 0 Å². The summed E-state index contributed by atoms with van der Waals surface area (Å²) in [6.45, 7) is 3.35. The zero-order valence-electron chi connectivity index (χ0n) is 27.4. The summed E-state index contributed by atoms with van der Waals surface area (Å²) in [6, 6.07) is 46.3. The van der Waals surface area contributed by atoms with Crippen LogP contribution in [0.3, 0.4) is 0 Å². The van der Waals surface area contributed by atoms with Crippen LogP contribution in [0, 0.1) is 0 Å². The van der Waals surface area contributed by atoms with Gasteiger partial charge < -0.3 is 4.57 Å². The van der Waals surface area contributed by atoms with Crippen molar-refractivity contribution in [3.05, 3.63) is 144 Å². The minimum Gasteiger partial charge on any atom is -0.340 e. The van der Waals surface area contributed by atoms with Gasteiger partial charge in [-0.05, 0) is 98.2 Å². The van der Waals surface area contributed by atoms with Gasteiger partial charge in [-0.1, -0.05) is 148 Å². The molecule has 1 heteroatoms. The first kappa shape index (κ1) is 28.4. The van der Waals surface area contributed by atoms with E-state index in [0.717, 1.165) is 19.4 Å². The minimum absolute atomic E-state index is 1.03. The first-order valence-electron chi connectivity index (χ1n) is 17.7. The summed E-state index contributed by atoms with van der Waals surface area (Å²) in [7, 11) is 0. The van der Waals surface area contributed by atoms with Crippen molar-refractivity contribution in [2.45, 2.75) is 64.8 Å². The lowest BCUT2D eigenvalue weighted by Gasteiger charge is -2.11. The molecule has 2 aliphatic carbocycles. The summed E-state index contributed by atoms with van der Waals surface area (Å²) in [5, 5.41) is 2.72. The Balaban J connectivity index is 1.11. The molecule has 1 aromatic heterocycles. The molecule has 0 N–H and O–H groups in total. The van der Waals surface area contributed by atoms with Crippen molar-refractivity contribution in [1.29, 1.82) is 0 Å². The van der Waals surface area contributed by atoms with Crippen LogP contribution >= 0.6 is 0 Å². The molecule has 9 rings (SSSR count). The fraction of sp³-hybridized carbons (Fsp3) is 0.217. The molecule has 0 aliphatic heterocycles. The van der Waals surface area contributed by atoms with E-state index in [2.05, 4.69) is 133 Å². The Morgan fingerprint density at radius 3 is 1.43 bits per heavy atom. The van der Waals surface area contributed by atoms with Crippen molar-refractivity contribution in [3.63, 3.8) is 0 Å². The lowest BCUT2D eigenvalue weighted by molar-refractivity contribution is 0.571. The Morgan fingerprint density at radius 1 is 0.426 bits per heavy atom. The van der Waals surface area contributed by atoms with Gasteiger partial charge in [0.1, 0.15) is 0 Å². The van der Waals surface area contributed by atoms with Crippen LogP contribution in [0.2, 0.25) is 0 Å². The van der Waals surface area contributed by atoms with Gasteiger partial charge in [0.05, 0.1) is 0 Å². The maximum absolute atomic E-state index is 2.63. The number of benzene rings is 6. The highest BCUT2D eigenvalue weighted by atomic mass is 15.0. The summed E-state index contributed by atoms with van der Waals surface area (Å²) in [4.78, 5) is 0. The summed E-state index contributed by atoms with van der Waals surface area (Å²) in [6.07, 6.45) is 9.87. The Kier molecular flexibility index (Phi) is 7.08. The number of unbranched alkanes of at least 4 members (excludes halogenated alkanes) is 5. The van der Waals surface area contributed by atoms with Crippen LogP contribution < -0.4 is 0 Å². The van der Waals surface area contributed by atoms with E-state index in [0.29, 0.717) is 0 Å². The normalized spacial score (nSPS) is 12.8. The molecule has 0 saturated carbocycles. The lowest BCUT2D eigenvalue weighted by atomic mass is 9.97. The van der Waals surface area contributed by atoms with E-state index in [-0.39, 0.29) is 0 Å². The highest BCUT2D eigenvalue weighted by Crippen LogP contribution is 2.42. The van der Waals surface area contributed by atoms with Crippen LogP contribution in [0.4, 0.5) is 0 Å². The predicted octanol–water partition coefficient (Wildman–Crippen LogP) is 12.6. The van der Waals surface area contributed by atoms with Crippen LogP contribution in [-0.2, 0) is 19.4 Å². The molecule has 1 nitrogen and oxygen atoms in total. The topological polar surface area (TPSA) is 4.93 Å². The van der Waals surface area contributed by atoms with Gasteiger partial charge in [-0.3, -0.25) is 0 Å². The highest BCUT2D eigenvalue weighted by Gasteiger charge is 2.21. The Labute approximate surface area is 278 Å². The maximum atomic E-state index is 2.63. The van der Waals surface area contributed by atoms with Gasteiger partial charge in [-0.25, -0.2) is 0 Å². The fourth-order valence-electron chi connectivity index (χ4n) is 8.39. The summed E-state index contributed by atoms with van der Waals surface area (Å²) in [5.41, 5.74) is 19.3. The third kappa shape index (κ3) is 4.92. The van der Waals surface area contributed by atoms with Crippen LogP contribution in [0.1, 0.15) is 67.7 Å². The standard InChI is InChI=1S/C46H41N/c1-2-3-4-5-6-11-24-47-45-29-33(31-16-20-41-37(25-31)27-35-12-7-9-14-39(35)41)18-22-43(45)44-23-19-34(30-46(44)47)32-17-21-42-38(26-32)28-36-13-8-10-15-40(36)42/h7-10,12-23,25-26,29-30H,2-6,11,24,27-28H2,1H3. The van der Waals surface area contributed by atoms with Crippen molar-refractivity contribution in [3.8, 4) is 44.5 Å². The first-order valence-corrected chi connectivity index (χ1v) is 17.7. The van der Waals surface area contributed by atoms with Gasteiger partial charge in [0, 0.05) is 28.4 Å². The van der Waals surface area contributed by atoms with E-state index in [9.17, 15) is 0 Å². The van der Waals surface area contributed by atoms with Gasteiger partial charge in [0.25, 0.3) is 0 Å². The molecule has 0 saturated heterocycles. The molecular formula is C46H41N. The zero-order valence-corrected chi connectivity index (χ0v) is 27.4. The number of hydrogen-bond acceptors (Lipinski definition) is 0. The van der Waals surface area contributed by atoms with Crippen molar-refractivity contribution in [2.24, 2.45) is 0 Å². The molecule has 1 heterocycles. The quantitative estimate of drug-likeness (QED) is 0.144. The summed E-state index contributed by atoms with van der Waals surface area (Å²) in [5.74, 6) is 0. The smallest absolute Gasteiger partial charge is 0.0497 e. The number of aryl methyl sites for hydroxylation is 1. The molecule has 0 fully saturated rings. The van der Waals surface area contributed by atoms with E-state index in [4.69, 9.17) is 0 Å². The summed E-state index contributed by atoms with van der Waals surface area (Å²) < 4.78 is 2.63. The lowest BCUT2D eigenvalue weighted by Crippen LogP contribution is -1.98. The Hall–Kier alpha value is -4.88. The van der Waals surface area contributed by atoms with E-state index in [1.807, 2.05) is 0 Å². The largest absolute Gasteiger partial charge is 0.340 e. The Bertz CT molecular complexity index is 2140. The average molecular weight is 608 g/mol. The predicted molar refractivity (Wildman–Crippen MR) is 200 cm³/mol. The van der Waals surface area contributed by atoms with Crippen LogP contribution in [-0.4, -0.2) is 4.57 Å². The third-order valence-corrected chi connectivity index (χ3v) is 10.9. The van der Waals surface area contributed by atoms with Crippen molar-refractivity contribution in [2.75, 3.05) is 0 Å². The minimum atomic E-state index is 1.03. The molecule has 0 unspecified atom stereocenters. The molecule has 230 valence electrons. The number of rotatable bonds is 9. The van der Waals surface area contributed by atoms with Crippen LogP contribution in [0.25, 0.3) is 66.3 Å². The van der Waals surface area contributed by atoms with Crippen molar-refractivity contribution in [1.82, 2.24) is 4.57 Å².